The maximum atomic E-state index is 13.6. The van der Waals surface area contributed by atoms with Gasteiger partial charge in [-0.2, -0.15) is 18.3 Å². The third-order valence-corrected chi connectivity index (χ3v) is 5.02. The Kier molecular flexibility index (Phi) is 4.91. The number of carbonyl (C=O) groups is 1. The number of fused-ring (bicyclic) bond motifs is 1. The van der Waals surface area contributed by atoms with E-state index in [0.29, 0.717) is 26.7 Å². The van der Waals surface area contributed by atoms with Crippen LogP contribution in [0.25, 0.3) is 28.0 Å². The van der Waals surface area contributed by atoms with Gasteiger partial charge in [0.25, 0.3) is 5.91 Å². The van der Waals surface area contributed by atoms with E-state index in [9.17, 15) is 18.0 Å². The molecule has 0 atom stereocenters. The lowest BCUT2D eigenvalue weighted by Crippen LogP contribution is -2.18. The molecule has 0 unspecified atom stereocenters. The van der Waals surface area contributed by atoms with Crippen molar-refractivity contribution >= 4 is 34.8 Å². The summed E-state index contributed by atoms with van der Waals surface area (Å²) in [6.45, 7) is 0. The van der Waals surface area contributed by atoms with E-state index in [1.54, 1.807) is 48.5 Å². The van der Waals surface area contributed by atoms with Crippen LogP contribution in [0, 0.1) is 0 Å². The zero-order valence-electron chi connectivity index (χ0n) is 14.9. The number of rotatable bonds is 3. The zero-order chi connectivity index (χ0) is 21.6. The van der Waals surface area contributed by atoms with Crippen LogP contribution in [0.1, 0.15) is 16.1 Å². The molecule has 0 bridgehead atoms. The van der Waals surface area contributed by atoms with Gasteiger partial charge in [0.15, 0.2) is 11.3 Å². The number of carbonyl (C=O) groups excluding carboxylic acids is 1. The molecular weight excluding hydrogens is 440 g/mol. The summed E-state index contributed by atoms with van der Waals surface area (Å²) in [4.78, 5) is 15.9. The number of halogens is 5. The standard InChI is InChI=1S/C20H11Cl2F3N4O/c21-11-7-5-10(6-8-11)16-13(12-3-1-2-4-14(12)22)9-27-19-15(18(26)30)17(20(23,24)25)28-29(16)19/h1-9H,(H2,26,30). The number of hydrogen-bond donors (Lipinski definition) is 1. The summed E-state index contributed by atoms with van der Waals surface area (Å²) in [5.74, 6) is -1.28. The van der Waals surface area contributed by atoms with E-state index in [1.165, 1.54) is 6.20 Å². The fourth-order valence-electron chi connectivity index (χ4n) is 3.17. The SMILES string of the molecule is NC(=O)c1c(C(F)(F)F)nn2c(-c3ccc(Cl)cc3)c(-c3ccccc3Cl)cnc12. The summed E-state index contributed by atoms with van der Waals surface area (Å²) in [5.41, 5.74) is 4.41. The second kappa shape index (κ2) is 7.30. The third kappa shape index (κ3) is 3.38. The van der Waals surface area contributed by atoms with Crippen LogP contribution in [0.5, 0.6) is 0 Å². The Labute approximate surface area is 177 Å². The fourth-order valence-corrected chi connectivity index (χ4v) is 3.54. The molecule has 2 heterocycles. The van der Waals surface area contributed by atoms with E-state index in [-0.39, 0.29) is 11.3 Å². The first kappa shape index (κ1) is 20.2. The van der Waals surface area contributed by atoms with E-state index in [2.05, 4.69) is 10.1 Å². The minimum atomic E-state index is -4.90. The van der Waals surface area contributed by atoms with Gasteiger partial charge in [0.2, 0.25) is 0 Å². The van der Waals surface area contributed by atoms with E-state index < -0.39 is 23.3 Å². The Morgan fingerprint density at radius 3 is 2.27 bits per heavy atom. The average Bonchev–Trinajstić information content (AvgIpc) is 3.09. The molecule has 2 aromatic carbocycles. The van der Waals surface area contributed by atoms with Gasteiger partial charge < -0.3 is 5.73 Å². The molecule has 10 heteroatoms. The molecule has 4 rings (SSSR count). The largest absolute Gasteiger partial charge is 0.436 e. The molecule has 0 fully saturated rings. The number of nitrogens with two attached hydrogens (primary N) is 1. The first-order chi connectivity index (χ1) is 14.2. The van der Waals surface area contributed by atoms with Crippen molar-refractivity contribution in [3.8, 4) is 22.4 Å². The van der Waals surface area contributed by atoms with Gasteiger partial charge in [-0.25, -0.2) is 9.50 Å². The van der Waals surface area contributed by atoms with Crippen molar-refractivity contribution in [1.82, 2.24) is 14.6 Å². The number of aromatic nitrogens is 3. The van der Waals surface area contributed by atoms with Gasteiger partial charge in [0.1, 0.15) is 5.56 Å². The van der Waals surface area contributed by atoms with E-state index in [4.69, 9.17) is 28.9 Å². The van der Waals surface area contributed by atoms with Gasteiger partial charge >= 0.3 is 6.18 Å². The second-order valence-corrected chi connectivity index (χ2v) is 7.17. The van der Waals surface area contributed by atoms with Gasteiger partial charge in [-0.1, -0.05) is 53.5 Å². The first-order valence-corrected chi connectivity index (χ1v) is 9.23. The van der Waals surface area contributed by atoms with Gasteiger partial charge in [0.05, 0.1) is 5.69 Å². The summed E-state index contributed by atoms with van der Waals surface area (Å²) in [5, 5.41) is 4.48. The minimum absolute atomic E-state index is 0.253. The predicted octanol–water partition coefficient (Wildman–Crippen LogP) is 5.49. The topological polar surface area (TPSA) is 73.3 Å². The lowest BCUT2D eigenvalue weighted by Gasteiger charge is -2.13. The number of hydrogen-bond acceptors (Lipinski definition) is 3. The highest BCUT2D eigenvalue weighted by atomic mass is 35.5. The molecule has 30 heavy (non-hydrogen) atoms. The Bertz CT molecular complexity index is 1280. The van der Waals surface area contributed by atoms with Gasteiger partial charge in [-0.15, -0.1) is 0 Å². The predicted molar refractivity (Wildman–Crippen MR) is 107 cm³/mol. The van der Waals surface area contributed by atoms with E-state index >= 15 is 0 Å². The molecule has 152 valence electrons. The van der Waals surface area contributed by atoms with E-state index in [1.807, 2.05) is 0 Å². The molecule has 5 nitrogen and oxygen atoms in total. The number of alkyl halides is 3. The van der Waals surface area contributed by atoms with Gasteiger partial charge in [0, 0.05) is 32.9 Å². The van der Waals surface area contributed by atoms with Crippen molar-refractivity contribution < 1.29 is 18.0 Å². The van der Waals surface area contributed by atoms with Crippen LogP contribution in [-0.4, -0.2) is 20.5 Å². The molecule has 2 N–H and O–H groups in total. The Morgan fingerprint density at radius 1 is 1.00 bits per heavy atom. The monoisotopic (exact) mass is 450 g/mol. The summed E-state index contributed by atoms with van der Waals surface area (Å²) in [6.07, 6.45) is -3.56. The van der Waals surface area contributed by atoms with Crippen molar-refractivity contribution in [2.75, 3.05) is 0 Å². The maximum absolute atomic E-state index is 13.6. The molecule has 2 aromatic heterocycles. The summed E-state index contributed by atoms with van der Waals surface area (Å²) >= 11 is 12.3. The van der Waals surface area contributed by atoms with Gasteiger partial charge in [-0.3, -0.25) is 4.79 Å². The Hall–Kier alpha value is -3.10. The molecule has 0 saturated carbocycles. The second-order valence-electron chi connectivity index (χ2n) is 6.33. The molecule has 0 aliphatic heterocycles. The van der Waals surface area contributed by atoms with Crippen molar-refractivity contribution in [3.63, 3.8) is 0 Å². The van der Waals surface area contributed by atoms with Crippen molar-refractivity contribution in [3.05, 3.63) is 76.0 Å². The molecule has 0 aliphatic rings. The molecule has 0 spiro atoms. The number of nitrogens with zero attached hydrogens (tertiary/aromatic N) is 3. The van der Waals surface area contributed by atoms with Crippen molar-refractivity contribution in [1.29, 1.82) is 0 Å². The summed E-state index contributed by atoms with van der Waals surface area (Å²) in [6, 6.07) is 13.2. The maximum Gasteiger partial charge on any atom is 0.436 e. The first-order valence-electron chi connectivity index (χ1n) is 8.48. The van der Waals surface area contributed by atoms with Crippen molar-refractivity contribution in [2.24, 2.45) is 5.73 Å². The Balaban J connectivity index is 2.16. The quantitative estimate of drug-likeness (QED) is 0.448. The summed E-state index contributed by atoms with van der Waals surface area (Å²) < 4.78 is 41.7. The average molecular weight is 451 g/mol. The molecule has 4 aromatic rings. The Morgan fingerprint density at radius 2 is 1.67 bits per heavy atom. The van der Waals surface area contributed by atoms with Crippen LogP contribution in [0.4, 0.5) is 13.2 Å². The zero-order valence-corrected chi connectivity index (χ0v) is 16.4. The lowest BCUT2D eigenvalue weighted by molar-refractivity contribution is -0.141. The van der Waals surface area contributed by atoms with Gasteiger partial charge in [-0.05, 0) is 18.2 Å². The highest BCUT2D eigenvalue weighted by Crippen LogP contribution is 2.39. The fraction of sp³-hybridized carbons (Fsp3) is 0.0500. The third-order valence-electron chi connectivity index (χ3n) is 4.44. The van der Waals surface area contributed by atoms with Crippen LogP contribution in [-0.2, 0) is 6.18 Å². The minimum Gasteiger partial charge on any atom is -0.365 e. The molecular formula is C20H11Cl2F3N4O. The van der Waals surface area contributed by atoms with Crippen LogP contribution < -0.4 is 5.73 Å². The van der Waals surface area contributed by atoms with Crippen LogP contribution >= 0.6 is 23.2 Å². The lowest BCUT2D eigenvalue weighted by atomic mass is 10.0. The van der Waals surface area contributed by atoms with E-state index in [0.717, 1.165) is 4.52 Å². The molecule has 1 amide bonds. The number of amides is 1. The summed E-state index contributed by atoms with van der Waals surface area (Å²) in [7, 11) is 0. The number of benzene rings is 2. The molecule has 0 aliphatic carbocycles. The normalized spacial score (nSPS) is 11.8. The van der Waals surface area contributed by atoms with Crippen molar-refractivity contribution in [2.45, 2.75) is 6.18 Å². The van der Waals surface area contributed by atoms with Crippen LogP contribution in [0.15, 0.2) is 54.7 Å². The highest BCUT2D eigenvalue weighted by Gasteiger charge is 2.41. The van der Waals surface area contributed by atoms with Crippen LogP contribution in [0.3, 0.4) is 0 Å². The molecule has 0 radical (unpaired) electrons. The molecule has 0 saturated heterocycles. The van der Waals surface area contributed by atoms with Crippen LogP contribution in [0.2, 0.25) is 10.0 Å². The number of primary amides is 1. The smallest absolute Gasteiger partial charge is 0.365 e. The highest BCUT2D eigenvalue weighted by molar-refractivity contribution is 6.33.